The van der Waals surface area contributed by atoms with Crippen LogP contribution in [0.5, 0.6) is 0 Å². The maximum absolute atomic E-state index is 12.0. The third kappa shape index (κ3) is 3.05. The lowest BCUT2D eigenvalue weighted by atomic mass is 10.1. The Morgan fingerprint density at radius 1 is 1.29 bits per heavy atom. The van der Waals surface area contributed by atoms with Crippen LogP contribution in [0.3, 0.4) is 0 Å². The van der Waals surface area contributed by atoms with Crippen molar-refractivity contribution in [1.82, 2.24) is 9.78 Å². The van der Waals surface area contributed by atoms with Crippen LogP contribution < -0.4 is 5.43 Å². The fraction of sp³-hybridized carbons (Fsp3) is 0.267. The van der Waals surface area contributed by atoms with E-state index in [2.05, 4.69) is 21.0 Å². The molecule has 1 N–H and O–H groups in total. The second-order valence-electron chi connectivity index (χ2n) is 4.56. The number of halogens is 1. The van der Waals surface area contributed by atoms with E-state index in [9.17, 15) is 9.59 Å². The van der Waals surface area contributed by atoms with Crippen molar-refractivity contribution in [1.29, 1.82) is 0 Å². The summed E-state index contributed by atoms with van der Waals surface area (Å²) in [6.07, 6.45) is 2.84. The standard InChI is InChI=1S/C15H15BrN2O3/c1-3-9-7-11(16)5-6-12(9)18-8-10(4-2)14(19)13(17-18)15(20)21/h5-8H,3-4H2,1-2H3,(H,20,21). The number of carboxylic acids is 1. The lowest BCUT2D eigenvalue weighted by molar-refractivity contribution is 0.0686. The van der Waals surface area contributed by atoms with Crippen molar-refractivity contribution in [2.45, 2.75) is 26.7 Å². The quantitative estimate of drug-likeness (QED) is 0.920. The molecule has 2 aromatic rings. The van der Waals surface area contributed by atoms with E-state index in [4.69, 9.17) is 5.11 Å². The van der Waals surface area contributed by atoms with E-state index in [1.165, 1.54) is 4.68 Å². The van der Waals surface area contributed by atoms with Crippen molar-refractivity contribution in [2.24, 2.45) is 0 Å². The molecule has 5 nitrogen and oxygen atoms in total. The Hall–Kier alpha value is -1.95. The number of nitrogens with zero attached hydrogens (tertiary/aromatic N) is 2. The van der Waals surface area contributed by atoms with Crippen molar-refractivity contribution in [2.75, 3.05) is 0 Å². The normalized spacial score (nSPS) is 10.6. The highest BCUT2D eigenvalue weighted by atomic mass is 79.9. The predicted octanol–water partition coefficient (Wildman–Crippen LogP) is 2.82. The summed E-state index contributed by atoms with van der Waals surface area (Å²) < 4.78 is 2.42. The Labute approximate surface area is 130 Å². The average molecular weight is 351 g/mol. The van der Waals surface area contributed by atoms with Gasteiger partial charge in [-0.1, -0.05) is 29.8 Å². The predicted molar refractivity (Wildman–Crippen MR) is 83.2 cm³/mol. The number of carboxylic acid groups (broad SMARTS) is 1. The van der Waals surface area contributed by atoms with Gasteiger partial charge in [0.05, 0.1) is 5.69 Å². The minimum Gasteiger partial charge on any atom is -0.476 e. The first-order valence-corrected chi connectivity index (χ1v) is 7.42. The molecule has 110 valence electrons. The Bertz CT molecular complexity index is 753. The first-order chi connectivity index (χ1) is 9.97. The highest BCUT2D eigenvalue weighted by Gasteiger charge is 2.16. The van der Waals surface area contributed by atoms with Crippen LogP contribution in [0.25, 0.3) is 5.69 Å². The number of aromatic carboxylic acids is 1. The summed E-state index contributed by atoms with van der Waals surface area (Å²) in [4.78, 5) is 23.2. The zero-order chi connectivity index (χ0) is 15.6. The number of carbonyl (C=O) groups is 1. The van der Waals surface area contributed by atoms with Gasteiger partial charge in [0.2, 0.25) is 11.1 Å². The molecule has 0 atom stereocenters. The molecular weight excluding hydrogens is 336 g/mol. The smallest absolute Gasteiger partial charge is 0.360 e. The van der Waals surface area contributed by atoms with Gasteiger partial charge in [0.1, 0.15) is 0 Å². The molecule has 0 spiro atoms. The lowest BCUT2D eigenvalue weighted by Gasteiger charge is -2.12. The molecule has 0 unspecified atom stereocenters. The van der Waals surface area contributed by atoms with E-state index in [1.54, 1.807) is 6.20 Å². The molecule has 0 aliphatic heterocycles. The first-order valence-electron chi connectivity index (χ1n) is 6.62. The Morgan fingerprint density at radius 2 is 1.95 bits per heavy atom. The molecule has 0 saturated carbocycles. The lowest BCUT2D eigenvalue weighted by Crippen LogP contribution is -2.24. The van der Waals surface area contributed by atoms with Crippen LogP contribution in [0.15, 0.2) is 33.7 Å². The van der Waals surface area contributed by atoms with Gasteiger partial charge in [-0.2, -0.15) is 5.10 Å². The van der Waals surface area contributed by atoms with Crippen LogP contribution in [0.4, 0.5) is 0 Å². The Balaban J connectivity index is 2.72. The summed E-state index contributed by atoms with van der Waals surface area (Å²) >= 11 is 3.41. The summed E-state index contributed by atoms with van der Waals surface area (Å²) in [6.45, 7) is 3.82. The van der Waals surface area contributed by atoms with Gasteiger partial charge in [-0.05, 0) is 36.6 Å². The topological polar surface area (TPSA) is 72.2 Å². The Kier molecular flexibility index (Phi) is 4.57. The number of hydrogen-bond acceptors (Lipinski definition) is 3. The van der Waals surface area contributed by atoms with E-state index in [1.807, 2.05) is 32.0 Å². The van der Waals surface area contributed by atoms with Crippen molar-refractivity contribution < 1.29 is 9.90 Å². The van der Waals surface area contributed by atoms with Gasteiger partial charge in [-0.25, -0.2) is 9.48 Å². The van der Waals surface area contributed by atoms with Crippen molar-refractivity contribution in [3.05, 3.63) is 55.9 Å². The second-order valence-corrected chi connectivity index (χ2v) is 5.48. The Morgan fingerprint density at radius 3 is 2.52 bits per heavy atom. The SMILES string of the molecule is CCc1cc(Br)ccc1-n1cc(CC)c(=O)c(C(=O)O)n1. The van der Waals surface area contributed by atoms with Gasteiger partial charge >= 0.3 is 5.97 Å². The second kappa shape index (κ2) is 6.22. The van der Waals surface area contributed by atoms with Crippen LogP contribution in [0, 0.1) is 0 Å². The third-order valence-corrected chi connectivity index (χ3v) is 3.74. The van der Waals surface area contributed by atoms with Gasteiger partial charge in [0.15, 0.2) is 0 Å². The molecular formula is C15H15BrN2O3. The number of hydrogen-bond donors (Lipinski definition) is 1. The number of aromatic nitrogens is 2. The van der Waals surface area contributed by atoms with E-state index in [0.29, 0.717) is 12.0 Å². The fourth-order valence-electron chi connectivity index (χ4n) is 2.12. The molecule has 2 rings (SSSR count). The van der Waals surface area contributed by atoms with Crippen molar-refractivity contribution >= 4 is 21.9 Å². The molecule has 0 bridgehead atoms. The molecule has 6 heteroatoms. The number of benzene rings is 1. The van der Waals surface area contributed by atoms with Gasteiger partial charge in [0, 0.05) is 16.2 Å². The molecule has 0 aliphatic rings. The van der Waals surface area contributed by atoms with Gasteiger partial charge < -0.3 is 5.11 Å². The van der Waals surface area contributed by atoms with Crippen molar-refractivity contribution in [3.63, 3.8) is 0 Å². The molecule has 1 aromatic heterocycles. The van der Waals surface area contributed by atoms with E-state index < -0.39 is 17.1 Å². The molecule has 0 fully saturated rings. The van der Waals surface area contributed by atoms with Gasteiger partial charge in [-0.3, -0.25) is 4.79 Å². The molecule has 0 radical (unpaired) electrons. The van der Waals surface area contributed by atoms with Crippen LogP contribution >= 0.6 is 15.9 Å². The van der Waals surface area contributed by atoms with Crippen LogP contribution in [-0.2, 0) is 12.8 Å². The van der Waals surface area contributed by atoms with Crippen LogP contribution in [0.2, 0.25) is 0 Å². The zero-order valence-electron chi connectivity index (χ0n) is 11.8. The molecule has 0 aliphatic carbocycles. The summed E-state index contributed by atoms with van der Waals surface area (Å²) in [5.74, 6) is -1.31. The van der Waals surface area contributed by atoms with E-state index >= 15 is 0 Å². The van der Waals surface area contributed by atoms with Gasteiger partial charge in [-0.15, -0.1) is 0 Å². The first kappa shape index (κ1) is 15.4. The maximum Gasteiger partial charge on any atom is 0.360 e. The average Bonchev–Trinajstić information content (AvgIpc) is 2.47. The summed E-state index contributed by atoms with van der Waals surface area (Å²) in [5.41, 5.74) is 1.26. The highest BCUT2D eigenvalue weighted by Crippen LogP contribution is 2.20. The van der Waals surface area contributed by atoms with Crippen LogP contribution in [-0.4, -0.2) is 20.9 Å². The van der Waals surface area contributed by atoms with Gasteiger partial charge in [0.25, 0.3) is 0 Å². The zero-order valence-corrected chi connectivity index (χ0v) is 13.3. The highest BCUT2D eigenvalue weighted by molar-refractivity contribution is 9.10. The summed E-state index contributed by atoms with van der Waals surface area (Å²) in [7, 11) is 0. The maximum atomic E-state index is 12.0. The molecule has 0 saturated heterocycles. The minimum absolute atomic E-state index is 0.437. The third-order valence-electron chi connectivity index (χ3n) is 3.25. The molecule has 21 heavy (non-hydrogen) atoms. The molecule has 1 heterocycles. The molecule has 1 aromatic carbocycles. The van der Waals surface area contributed by atoms with E-state index in [-0.39, 0.29) is 0 Å². The monoisotopic (exact) mass is 350 g/mol. The molecule has 0 amide bonds. The number of aryl methyl sites for hydroxylation is 2. The fourth-order valence-corrected chi connectivity index (χ4v) is 2.52. The largest absolute Gasteiger partial charge is 0.476 e. The van der Waals surface area contributed by atoms with E-state index in [0.717, 1.165) is 22.1 Å². The summed E-state index contributed by atoms with van der Waals surface area (Å²) in [6, 6.07) is 5.67. The van der Waals surface area contributed by atoms with Crippen LogP contribution in [0.1, 0.15) is 35.5 Å². The van der Waals surface area contributed by atoms with Crippen molar-refractivity contribution in [3.8, 4) is 5.69 Å². The summed E-state index contributed by atoms with van der Waals surface area (Å²) in [5, 5.41) is 13.1. The minimum atomic E-state index is -1.31. The number of rotatable bonds is 4.